The molecular weight excluding hydrogens is 232 g/mol. The Labute approximate surface area is 92.0 Å². The molecule has 6 nitrogen and oxygen atoms in total. The summed E-state index contributed by atoms with van der Waals surface area (Å²) in [7, 11) is -1.02. The first kappa shape index (κ1) is 14.4. The van der Waals surface area contributed by atoms with Gasteiger partial charge in [-0.2, -0.15) is 0 Å². The van der Waals surface area contributed by atoms with Gasteiger partial charge in [-0.25, -0.2) is 8.42 Å². The van der Waals surface area contributed by atoms with E-state index in [2.05, 4.69) is 27.1 Å². The molecular formula is C7H18N4O2SSi. The Morgan fingerprint density at radius 2 is 1.93 bits per heavy atom. The second kappa shape index (κ2) is 5.50. The zero-order chi connectivity index (χ0) is 12.1. The molecule has 0 radical (unpaired) electrons. The Hall–Kier alpha value is -0.563. The van der Waals surface area contributed by atoms with Gasteiger partial charge in [-0.3, -0.25) is 0 Å². The van der Waals surface area contributed by atoms with E-state index >= 15 is 0 Å². The van der Waals surface area contributed by atoms with Crippen LogP contribution in [-0.2, 0) is 10.0 Å². The number of sulfonamides is 1. The Balaban J connectivity index is 4.17. The van der Waals surface area contributed by atoms with Gasteiger partial charge in [0.05, 0.1) is 5.75 Å². The smallest absolute Gasteiger partial charge is 0.235 e. The first-order valence-corrected chi connectivity index (χ1v) is 9.44. The molecule has 0 saturated carbocycles. The minimum Gasteiger partial charge on any atom is -0.329 e. The Morgan fingerprint density at radius 3 is 2.33 bits per heavy atom. The van der Waals surface area contributed by atoms with Crippen LogP contribution in [0.25, 0.3) is 10.4 Å². The van der Waals surface area contributed by atoms with Gasteiger partial charge in [0.25, 0.3) is 0 Å². The van der Waals surface area contributed by atoms with Crippen LogP contribution in [0.5, 0.6) is 0 Å². The molecule has 0 rings (SSSR count). The molecule has 0 atom stereocenters. The molecule has 0 unspecified atom stereocenters. The summed E-state index contributed by atoms with van der Waals surface area (Å²) in [6.45, 7) is 4.35. The average molecular weight is 250 g/mol. The predicted octanol–water partition coefficient (Wildman–Crippen LogP) is 1.78. The Kier molecular flexibility index (Phi) is 5.29. The minimum absolute atomic E-state index is 0.0542. The van der Waals surface area contributed by atoms with E-state index in [9.17, 15) is 8.42 Å². The third-order valence-corrected chi connectivity index (χ3v) is 7.69. The average Bonchev–Trinajstić information content (AvgIpc) is 2.02. The standard InChI is InChI=1S/C7H18N4O2SSi/c1-11(2)15(3,4)7-5-6-14(12,13)10-9-8/h5-7H2,1-4H3. The van der Waals surface area contributed by atoms with Gasteiger partial charge in [-0.1, -0.05) is 13.1 Å². The van der Waals surface area contributed by atoms with Crippen molar-refractivity contribution in [2.45, 2.75) is 25.6 Å². The van der Waals surface area contributed by atoms with Crippen LogP contribution < -0.4 is 0 Å². The second-order valence-corrected chi connectivity index (χ2v) is 11.0. The molecule has 0 fully saturated rings. The first-order valence-electron chi connectivity index (χ1n) is 4.68. The van der Waals surface area contributed by atoms with Crippen LogP contribution in [0.4, 0.5) is 0 Å². The molecule has 0 amide bonds. The van der Waals surface area contributed by atoms with E-state index in [-0.39, 0.29) is 5.75 Å². The van der Waals surface area contributed by atoms with Crippen molar-refractivity contribution >= 4 is 18.3 Å². The number of nitrogens with zero attached hydrogens (tertiary/aromatic N) is 4. The van der Waals surface area contributed by atoms with Crippen LogP contribution in [0.3, 0.4) is 0 Å². The van der Waals surface area contributed by atoms with Crippen molar-refractivity contribution < 1.29 is 8.42 Å². The lowest BCUT2D eigenvalue weighted by atomic mass is 10.6. The Morgan fingerprint density at radius 1 is 1.40 bits per heavy atom. The summed E-state index contributed by atoms with van der Waals surface area (Å²) < 4.78 is 27.1. The van der Waals surface area contributed by atoms with Gasteiger partial charge < -0.3 is 4.57 Å². The third-order valence-electron chi connectivity index (χ3n) is 2.56. The number of azide groups is 1. The summed E-state index contributed by atoms with van der Waals surface area (Å²) in [5, 5.41) is 0. The highest BCUT2D eigenvalue weighted by atomic mass is 32.2. The summed E-state index contributed by atoms with van der Waals surface area (Å²) in [6.07, 6.45) is 0.554. The summed E-state index contributed by atoms with van der Waals surface area (Å²) in [5.41, 5.74) is 8.03. The molecule has 0 N–H and O–H groups in total. The van der Waals surface area contributed by atoms with Crippen LogP contribution in [0.15, 0.2) is 4.52 Å². The van der Waals surface area contributed by atoms with E-state index in [0.717, 1.165) is 6.04 Å². The fourth-order valence-electron chi connectivity index (χ4n) is 1.01. The largest absolute Gasteiger partial charge is 0.329 e. The molecule has 0 aromatic heterocycles. The molecule has 0 saturated heterocycles. The molecule has 8 heteroatoms. The SMILES string of the molecule is CN(C)[Si](C)(C)CCCS(=O)(=O)N=[N+]=[N-]. The molecule has 0 bridgehead atoms. The fraction of sp³-hybridized carbons (Fsp3) is 1.00. The van der Waals surface area contributed by atoms with Crippen molar-refractivity contribution in [1.29, 1.82) is 0 Å². The van der Waals surface area contributed by atoms with Crippen LogP contribution in [0, 0.1) is 0 Å². The van der Waals surface area contributed by atoms with E-state index in [1.54, 1.807) is 0 Å². The quantitative estimate of drug-likeness (QED) is 0.311. The minimum atomic E-state index is -3.57. The van der Waals surface area contributed by atoms with Gasteiger partial charge in [0.1, 0.15) is 8.24 Å². The van der Waals surface area contributed by atoms with Crippen LogP contribution in [0.2, 0.25) is 19.1 Å². The lowest BCUT2D eigenvalue weighted by molar-refractivity contribution is 0.592. The van der Waals surface area contributed by atoms with Crippen LogP contribution >= 0.6 is 0 Å². The zero-order valence-electron chi connectivity index (χ0n) is 9.63. The molecule has 0 spiro atoms. The van der Waals surface area contributed by atoms with Crippen molar-refractivity contribution in [1.82, 2.24) is 4.57 Å². The molecule has 0 aliphatic carbocycles. The number of rotatable bonds is 6. The van der Waals surface area contributed by atoms with Gasteiger partial charge in [-0.15, -0.1) is 0 Å². The van der Waals surface area contributed by atoms with E-state index < -0.39 is 18.3 Å². The summed E-state index contributed by atoms with van der Waals surface area (Å²) >= 11 is 0. The number of hydrogen-bond donors (Lipinski definition) is 0. The van der Waals surface area contributed by atoms with Crippen LogP contribution in [0.1, 0.15) is 6.42 Å². The zero-order valence-corrected chi connectivity index (χ0v) is 11.5. The summed E-state index contributed by atoms with van der Waals surface area (Å²) in [6, 6.07) is 0.875. The van der Waals surface area contributed by atoms with E-state index in [1.807, 2.05) is 14.1 Å². The topological polar surface area (TPSA) is 86.1 Å². The summed E-state index contributed by atoms with van der Waals surface area (Å²) in [5.74, 6) is -0.0542. The highest BCUT2D eigenvalue weighted by Gasteiger charge is 2.23. The summed E-state index contributed by atoms with van der Waals surface area (Å²) in [4.78, 5) is 2.30. The molecule has 88 valence electrons. The monoisotopic (exact) mass is 250 g/mol. The van der Waals surface area contributed by atoms with Crippen molar-refractivity contribution in [2.24, 2.45) is 4.52 Å². The molecule has 0 aliphatic rings. The molecule has 0 aromatic rings. The lowest BCUT2D eigenvalue weighted by Gasteiger charge is -2.29. The van der Waals surface area contributed by atoms with Crippen molar-refractivity contribution in [3.63, 3.8) is 0 Å². The fourth-order valence-corrected chi connectivity index (χ4v) is 3.45. The van der Waals surface area contributed by atoms with E-state index in [0.29, 0.717) is 6.42 Å². The van der Waals surface area contributed by atoms with Crippen molar-refractivity contribution in [3.8, 4) is 0 Å². The molecule has 0 aliphatic heterocycles. The predicted molar refractivity (Wildman–Crippen MR) is 63.5 cm³/mol. The maximum atomic E-state index is 11.1. The van der Waals surface area contributed by atoms with E-state index in [4.69, 9.17) is 5.53 Å². The van der Waals surface area contributed by atoms with Crippen molar-refractivity contribution in [2.75, 3.05) is 19.8 Å². The highest BCUT2D eigenvalue weighted by Crippen LogP contribution is 2.15. The van der Waals surface area contributed by atoms with E-state index in [1.165, 1.54) is 0 Å². The second-order valence-electron chi connectivity index (χ2n) is 4.27. The maximum Gasteiger partial charge on any atom is 0.235 e. The number of hydrogen-bond acceptors (Lipinski definition) is 3. The normalized spacial score (nSPS) is 12.6. The molecule has 0 heterocycles. The van der Waals surface area contributed by atoms with Gasteiger partial charge in [0.2, 0.25) is 10.0 Å². The van der Waals surface area contributed by atoms with Gasteiger partial charge in [0.15, 0.2) is 0 Å². The van der Waals surface area contributed by atoms with Gasteiger partial charge in [-0.05, 0) is 32.1 Å². The van der Waals surface area contributed by atoms with Gasteiger partial charge >= 0.3 is 0 Å². The lowest BCUT2D eigenvalue weighted by Crippen LogP contribution is -2.43. The van der Waals surface area contributed by atoms with Crippen LogP contribution in [-0.4, -0.2) is 41.1 Å². The first-order chi connectivity index (χ1) is 6.71. The Bertz CT molecular complexity index is 346. The van der Waals surface area contributed by atoms with Gasteiger partial charge in [0, 0.05) is 9.43 Å². The highest BCUT2D eigenvalue weighted by molar-refractivity contribution is 7.89. The van der Waals surface area contributed by atoms with Crippen molar-refractivity contribution in [3.05, 3.63) is 10.4 Å². The molecule has 15 heavy (non-hydrogen) atoms. The maximum absolute atomic E-state index is 11.1. The third kappa shape index (κ3) is 5.78. The molecule has 0 aromatic carbocycles.